The van der Waals surface area contributed by atoms with Crippen molar-refractivity contribution in [3.8, 4) is 0 Å². The first-order chi connectivity index (χ1) is 17.7. The third-order valence-electron chi connectivity index (χ3n) is 7.96. The number of unbranched alkanes of at least 4 members (excludes halogenated alkanes) is 22. The molecule has 0 aliphatic heterocycles. The van der Waals surface area contributed by atoms with Gasteiger partial charge in [-0.3, -0.25) is 0 Å². The van der Waals surface area contributed by atoms with Crippen LogP contribution in [0.2, 0.25) is 0 Å². The van der Waals surface area contributed by atoms with E-state index in [-0.39, 0.29) is 0 Å². The molecule has 36 heavy (non-hydrogen) atoms. The molecule has 0 saturated carbocycles. The summed E-state index contributed by atoms with van der Waals surface area (Å²) in [6, 6.07) is 0. The van der Waals surface area contributed by atoms with E-state index in [1.165, 1.54) is 174 Å². The maximum Gasteiger partial charge on any atom is 0.243 e. The lowest BCUT2D eigenvalue weighted by atomic mass is 10.0. The average molecular weight is 504 g/mol. The molecule has 0 fully saturated rings. The molecule has 0 spiro atoms. The number of aryl methyl sites for hydroxylation is 2. The van der Waals surface area contributed by atoms with Crippen LogP contribution in [0.3, 0.4) is 0 Å². The molecule has 0 amide bonds. The molecule has 0 atom stereocenters. The molecule has 0 radical (unpaired) electrons. The highest BCUT2D eigenvalue weighted by Crippen LogP contribution is 2.14. The Hall–Kier alpha value is -0.790. The van der Waals surface area contributed by atoms with Gasteiger partial charge in [-0.05, 0) is 31.6 Å². The molecular weight excluding hydrogens is 436 g/mol. The fourth-order valence-electron chi connectivity index (χ4n) is 5.45. The van der Waals surface area contributed by atoms with Gasteiger partial charge < -0.3 is 0 Å². The summed E-state index contributed by atoms with van der Waals surface area (Å²) in [6.45, 7) is 9.38. The highest BCUT2D eigenvalue weighted by atomic mass is 15.1. The van der Waals surface area contributed by atoms with Gasteiger partial charge in [-0.1, -0.05) is 156 Å². The number of rotatable bonds is 28. The van der Waals surface area contributed by atoms with E-state index in [0.717, 1.165) is 5.92 Å². The van der Waals surface area contributed by atoms with E-state index in [1.54, 1.807) is 0 Å². The van der Waals surface area contributed by atoms with Crippen molar-refractivity contribution in [2.75, 3.05) is 0 Å². The summed E-state index contributed by atoms with van der Waals surface area (Å²) in [5, 5.41) is 0. The Bertz CT molecular complexity index is 547. The van der Waals surface area contributed by atoms with Crippen molar-refractivity contribution in [1.82, 2.24) is 4.57 Å². The van der Waals surface area contributed by atoms with Crippen LogP contribution in [0.1, 0.15) is 181 Å². The normalized spacial score (nSPS) is 11.7. The third-order valence-corrected chi connectivity index (χ3v) is 7.96. The van der Waals surface area contributed by atoms with Gasteiger partial charge in [-0.15, -0.1) is 0 Å². The van der Waals surface area contributed by atoms with Gasteiger partial charge in [0.2, 0.25) is 6.33 Å². The Balaban J connectivity index is 1.82. The lowest BCUT2D eigenvalue weighted by molar-refractivity contribution is -0.696. The topological polar surface area (TPSA) is 8.81 Å². The van der Waals surface area contributed by atoms with E-state index in [4.69, 9.17) is 0 Å². The lowest BCUT2D eigenvalue weighted by Gasteiger charge is -2.04. The van der Waals surface area contributed by atoms with Crippen molar-refractivity contribution in [3.63, 3.8) is 0 Å². The molecule has 2 heteroatoms. The first kappa shape index (κ1) is 33.2. The van der Waals surface area contributed by atoms with Crippen LogP contribution in [0, 0.1) is 5.92 Å². The predicted molar refractivity (Wildman–Crippen MR) is 161 cm³/mol. The number of imidazole rings is 1. The molecule has 0 N–H and O–H groups in total. The predicted octanol–water partition coefficient (Wildman–Crippen LogP) is 11.2. The highest BCUT2D eigenvalue weighted by Gasteiger charge is 2.04. The van der Waals surface area contributed by atoms with Gasteiger partial charge in [0.1, 0.15) is 12.4 Å². The van der Waals surface area contributed by atoms with Crippen molar-refractivity contribution in [2.45, 2.75) is 194 Å². The van der Waals surface area contributed by atoms with E-state index in [2.05, 4.69) is 48.6 Å². The van der Waals surface area contributed by atoms with Crippen molar-refractivity contribution in [3.05, 3.63) is 18.7 Å². The van der Waals surface area contributed by atoms with Crippen molar-refractivity contribution in [2.24, 2.45) is 5.92 Å². The largest absolute Gasteiger partial charge is 0.243 e. The van der Waals surface area contributed by atoms with Gasteiger partial charge in [-0.2, -0.15) is 0 Å². The van der Waals surface area contributed by atoms with Gasteiger partial charge in [0.05, 0.1) is 13.1 Å². The van der Waals surface area contributed by atoms with Gasteiger partial charge in [0.25, 0.3) is 0 Å². The lowest BCUT2D eigenvalue weighted by Crippen LogP contribution is -2.30. The standard InChI is InChI=1S/C34H67N2/c1-4-5-6-7-8-9-10-14-17-20-23-26-29-35-31-32-36(33-35)30-27-24-21-18-15-12-11-13-16-19-22-25-28-34(2)3/h31-34H,4-30H2,1-3H3/q+1. The van der Waals surface area contributed by atoms with E-state index in [1.807, 2.05) is 0 Å². The Morgan fingerprint density at radius 3 is 1.42 bits per heavy atom. The molecule has 0 aliphatic rings. The minimum atomic E-state index is 0.888. The molecule has 212 valence electrons. The molecule has 1 aromatic heterocycles. The summed E-state index contributed by atoms with van der Waals surface area (Å²) >= 11 is 0. The average Bonchev–Trinajstić information content (AvgIpc) is 3.32. The smallest absolute Gasteiger partial charge is 0.237 e. The van der Waals surface area contributed by atoms with Gasteiger partial charge in [0, 0.05) is 0 Å². The molecule has 0 saturated heterocycles. The van der Waals surface area contributed by atoms with Crippen LogP contribution in [-0.2, 0) is 13.1 Å². The summed E-state index contributed by atoms with van der Waals surface area (Å²) < 4.78 is 4.81. The van der Waals surface area contributed by atoms with Crippen LogP contribution in [-0.4, -0.2) is 4.57 Å². The van der Waals surface area contributed by atoms with E-state index < -0.39 is 0 Å². The van der Waals surface area contributed by atoms with E-state index in [0.29, 0.717) is 0 Å². The van der Waals surface area contributed by atoms with Crippen LogP contribution in [0.5, 0.6) is 0 Å². The van der Waals surface area contributed by atoms with Crippen molar-refractivity contribution >= 4 is 0 Å². The second kappa shape index (κ2) is 25.8. The zero-order chi connectivity index (χ0) is 25.9. The van der Waals surface area contributed by atoms with Gasteiger partial charge in [-0.25, -0.2) is 9.13 Å². The molecule has 1 rings (SSSR count). The van der Waals surface area contributed by atoms with Gasteiger partial charge in [0.15, 0.2) is 0 Å². The zero-order valence-corrected chi connectivity index (χ0v) is 25.3. The van der Waals surface area contributed by atoms with Crippen LogP contribution in [0.4, 0.5) is 0 Å². The Kier molecular flexibility index (Phi) is 23.9. The van der Waals surface area contributed by atoms with E-state index >= 15 is 0 Å². The molecule has 1 heterocycles. The molecule has 1 aromatic rings. The molecule has 0 unspecified atom stereocenters. The first-order valence-electron chi connectivity index (χ1n) is 16.8. The molecular formula is C34H67N2+. The number of aromatic nitrogens is 2. The maximum atomic E-state index is 2.40. The molecule has 0 bridgehead atoms. The molecule has 2 nitrogen and oxygen atoms in total. The third kappa shape index (κ3) is 22.4. The number of hydrogen-bond acceptors (Lipinski definition) is 0. The van der Waals surface area contributed by atoms with E-state index in [9.17, 15) is 0 Å². The van der Waals surface area contributed by atoms with Crippen molar-refractivity contribution < 1.29 is 4.57 Å². The summed E-state index contributed by atoms with van der Waals surface area (Å²) in [5.74, 6) is 0.888. The van der Waals surface area contributed by atoms with Crippen LogP contribution in [0.25, 0.3) is 0 Å². The summed E-state index contributed by atoms with van der Waals surface area (Å²) in [7, 11) is 0. The summed E-state index contributed by atoms with van der Waals surface area (Å²) in [5.41, 5.74) is 0. The van der Waals surface area contributed by atoms with Gasteiger partial charge >= 0.3 is 0 Å². The highest BCUT2D eigenvalue weighted by molar-refractivity contribution is 4.66. The SMILES string of the molecule is CCCCCCCCCCCCCCn1cc[n+](CCCCCCCCCCCCCCC(C)C)c1. The number of nitrogens with zero attached hydrogens (tertiary/aromatic N) is 2. The summed E-state index contributed by atoms with van der Waals surface area (Å²) in [6.07, 6.45) is 42.8. The molecule has 0 aromatic carbocycles. The number of hydrogen-bond donors (Lipinski definition) is 0. The Labute approximate surface area is 228 Å². The second-order valence-electron chi connectivity index (χ2n) is 12.2. The Morgan fingerprint density at radius 1 is 0.528 bits per heavy atom. The van der Waals surface area contributed by atoms with Crippen LogP contribution in [0.15, 0.2) is 18.7 Å². The zero-order valence-electron chi connectivity index (χ0n) is 25.3. The Morgan fingerprint density at radius 2 is 0.944 bits per heavy atom. The monoisotopic (exact) mass is 504 g/mol. The summed E-state index contributed by atoms with van der Waals surface area (Å²) in [4.78, 5) is 0. The minimum absolute atomic E-state index is 0.888. The van der Waals surface area contributed by atoms with Crippen LogP contribution >= 0.6 is 0 Å². The molecule has 0 aliphatic carbocycles. The quantitative estimate of drug-likeness (QED) is 0.0794. The van der Waals surface area contributed by atoms with Crippen molar-refractivity contribution in [1.29, 1.82) is 0 Å². The fourth-order valence-corrected chi connectivity index (χ4v) is 5.45. The first-order valence-corrected chi connectivity index (χ1v) is 16.8. The maximum absolute atomic E-state index is 2.40. The second-order valence-corrected chi connectivity index (χ2v) is 12.2. The minimum Gasteiger partial charge on any atom is -0.237 e. The fraction of sp³-hybridized carbons (Fsp3) is 0.912. The van der Waals surface area contributed by atoms with Crippen LogP contribution < -0.4 is 4.57 Å².